The van der Waals surface area contributed by atoms with E-state index in [1.54, 1.807) is 0 Å². The second-order valence-electron chi connectivity index (χ2n) is 12.2. The number of aromatic nitrogens is 1. The normalized spacial score (nSPS) is 13.2. The molecular formula is C44H32N2. The van der Waals surface area contributed by atoms with Crippen molar-refractivity contribution >= 4 is 21.8 Å². The maximum absolute atomic E-state index is 6.16. The zero-order valence-corrected chi connectivity index (χ0v) is 25.4. The molecule has 2 nitrogen and oxygen atoms in total. The van der Waals surface area contributed by atoms with Gasteiger partial charge in [0, 0.05) is 23.0 Å². The molecule has 0 atom stereocenters. The van der Waals surface area contributed by atoms with Crippen LogP contribution in [0.5, 0.6) is 0 Å². The maximum atomic E-state index is 6.16. The van der Waals surface area contributed by atoms with Crippen molar-refractivity contribution in [1.29, 1.82) is 0 Å². The Morgan fingerprint density at radius 2 is 1.11 bits per heavy atom. The van der Waals surface area contributed by atoms with Gasteiger partial charge in [-0.05, 0) is 80.4 Å². The summed E-state index contributed by atoms with van der Waals surface area (Å²) >= 11 is 0. The molecule has 1 aliphatic carbocycles. The topological polar surface area (TPSA) is 30.9 Å². The Labute approximate surface area is 269 Å². The minimum Gasteiger partial charge on any atom is -0.326 e. The van der Waals surface area contributed by atoms with Gasteiger partial charge >= 0.3 is 0 Å². The van der Waals surface area contributed by atoms with Gasteiger partial charge in [0.2, 0.25) is 0 Å². The molecular weight excluding hydrogens is 556 g/mol. The van der Waals surface area contributed by atoms with Gasteiger partial charge in [-0.3, -0.25) is 0 Å². The van der Waals surface area contributed by atoms with E-state index < -0.39 is 5.41 Å². The second kappa shape index (κ2) is 10.4. The van der Waals surface area contributed by atoms with Crippen molar-refractivity contribution in [3.05, 3.63) is 198 Å². The molecule has 1 aromatic heterocycles. The van der Waals surface area contributed by atoms with Crippen LogP contribution in [-0.2, 0) is 12.0 Å². The molecule has 0 saturated heterocycles. The van der Waals surface area contributed by atoms with Crippen molar-refractivity contribution in [3.63, 3.8) is 0 Å². The highest BCUT2D eigenvalue weighted by molar-refractivity contribution is 6.12. The van der Waals surface area contributed by atoms with Crippen molar-refractivity contribution in [2.24, 2.45) is 5.73 Å². The van der Waals surface area contributed by atoms with Crippen LogP contribution in [0.15, 0.2) is 170 Å². The third-order valence-electron chi connectivity index (χ3n) is 9.86. The predicted octanol–water partition coefficient (Wildman–Crippen LogP) is 10.3. The van der Waals surface area contributed by atoms with Crippen LogP contribution in [0.1, 0.15) is 27.8 Å². The van der Waals surface area contributed by atoms with Crippen LogP contribution in [-0.4, -0.2) is 4.57 Å². The number of fused-ring (bicyclic) bond motifs is 6. The standard InChI is InChI=1S/C44H32N2/c45-29-30-13-12-20-35(25-30)46-42-26-32(31-14-4-1-5-15-31)23-24-37(42)39-27-41-38(28-43(39)46)36-21-10-11-22-40(36)44(41,33-16-6-2-7-17-33)34-18-8-3-9-19-34/h1-28H,29,45H2. The molecule has 0 spiro atoms. The van der Waals surface area contributed by atoms with Gasteiger partial charge in [0.1, 0.15) is 0 Å². The molecule has 7 aromatic carbocycles. The number of nitrogens with zero attached hydrogens (tertiary/aromatic N) is 1. The highest BCUT2D eigenvalue weighted by Crippen LogP contribution is 2.57. The van der Waals surface area contributed by atoms with E-state index >= 15 is 0 Å². The average molecular weight is 589 g/mol. The van der Waals surface area contributed by atoms with Gasteiger partial charge < -0.3 is 10.3 Å². The molecule has 0 unspecified atom stereocenters. The third-order valence-corrected chi connectivity index (χ3v) is 9.86. The first-order valence-electron chi connectivity index (χ1n) is 16.0. The fraction of sp³-hybridized carbons (Fsp3) is 0.0455. The molecule has 2 heteroatoms. The molecule has 0 saturated carbocycles. The summed E-state index contributed by atoms with van der Waals surface area (Å²) in [6.45, 7) is 0.500. The Kier molecular flexibility index (Phi) is 6.06. The quantitative estimate of drug-likeness (QED) is 0.213. The first-order chi connectivity index (χ1) is 22.8. The van der Waals surface area contributed by atoms with E-state index in [2.05, 4.69) is 174 Å². The molecule has 1 aliphatic rings. The Morgan fingerprint density at radius 3 is 1.83 bits per heavy atom. The molecule has 0 amide bonds. The van der Waals surface area contributed by atoms with Crippen LogP contribution in [0.2, 0.25) is 0 Å². The van der Waals surface area contributed by atoms with Crippen LogP contribution in [0.4, 0.5) is 0 Å². The highest BCUT2D eigenvalue weighted by atomic mass is 15.0. The van der Waals surface area contributed by atoms with Gasteiger partial charge in [-0.2, -0.15) is 0 Å². The first-order valence-corrected chi connectivity index (χ1v) is 16.0. The van der Waals surface area contributed by atoms with Gasteiger partial charge in [0.05, 0.1) is 16.4 Å². The van der Waals surface area contributed by atoms with E-state index in [9.17, 15) is 0 Å². The Balaban J connectivity index is 1.43. The summed E-state index contributed by atoms with van der Waals surface area (Å²) in [5.74, 6) is 0. The summed E-state index contributed by atoms with van der Waals surface area (Å²) in [4.78, 5) is 0. The summed E-state index contributed by atoms with van der Waals surface area (Å²) in [7, 11) is 0. The minimum atomic E-state index is -0.444. The Bertz CT molecular complexity index is 2350. The minimum absolute atomic E-state index is 0.444. The van der Waals surface area contributed by atoms with Crippen LogP contribution in [0.3, 0.4) is 0 Å². The molecule has 46 heavy (non-hydrogen) atoms. The van der Waals surface area contributed by atoms with Crippen LogP contribution in [0, 0.1) is 0 Å². The number of hydrogen-bond donors (Lipinski definition) is 1. The fourth-order valence-corrected chi connectivity index (χ4v) is 7.86. The number of hydrogen-bond acceptors (Lipinski definition) is 1. The smallest absolute Gasteiger partial charge is 0.0713 e. The lowest BCUT2D eigenvalue weighted by molar-refractivity contribution is 0.769. The van der Waals surface area contributed by atoms with E-state index in [1.165, 1.54) is 66.3 Å². The van der Waals surface area contributed by atoms with E-state index in [0.29, 0.717) is 6.54 Å². The Morgan fingerprint density at radius 1 is 0.457 bits per heavy atom. The summed E-state index contributed by atoms with van der Waals surface area (Å²) in [6, 6.07) is 62.2. The fourth-order valence-electron chi connectivity index (χ4n) is 7.86. The molecule has 0 aliphatic heterocycles. The largest absolute Gasteiger partial charge is 0.326 e. The second-order valence-corrected chi connectivity index (χ2v) is 12.2. The zero-order chi connectivity index (χ0) is 30.7. The SMILES string of the molecule is NCc1cccc(-n2c3cc(-c4ccccc4)ccc3c3cc4c(cc32)-c2ccccc2C4(c2ccccc2)c2ccccc2)c1. The summed E-state index contributed by atoms with van der Waals surface area (Å²) < 4.78 is 2.43. The average Bonchev–Trinajstić information content (AvgIpc) is 3.61. The Hall–Kier alpha value is -5.70. The van der Waals surface area contributed by atoms with Crippen molar-refractivity contribution < 1.29 is 0 Å². The summed E-state index contributed by atoms with van der Waals surface area (Å²) in [5, 5.41) is 2.48. The van der Waals surface area contributed by atoms with E-state index in [-0.39, 0.29) is 0 Å². The molecule has 1 heterocycles. The van der Waals surface area contributed by atoms with Crippen LogP contribution >= 0.6 is 0 Å². The van der Waals surface area contributed by atoms with Gasteiger partial charge in [-0.25, -0.2) is 0 Å². The molecule has 0 bridgehead atoms. The highest BCUT2D eigenvalue weighted by Gasteiger charge is 2.46. The number of rotatable bonds is 5. The lowest BCUT2D eigenvalue weighted by Crippen LogP contribution is -2.28. The zero-order valence-electron chi connectivity index (χ0n) is 25.4. The van der Waals surface area contributed by atoms with Gasteiger partial charge in [-0.1, -0.05) is 140 Å². The lowest BCUT2D eigenvalue weighted by Gasteiger charge is -2.33. The molecule has 2 N–H and O–H groups in total. The molecule has 218 valence electrons. The van der Waals surface area contributed by atoms with Gasteiger partial charge in [0.15, 0.2) is 0 Å². The van der Waals surface area contributed by atoms with E-state index in [4.69, 9.17) is 5.73 Å². The summed E-state index contributed by atoms with van der Waals surface area (Å²) in [5.41, 5.74) is 20.5. The van der Waals surface area contributed by atoms with Crippen molar-refractivity contribution in [2.75, 3.05) is 0 Å². The van der Waals surface area contributed by atoms with E-state index in [0.717, 1.165) is 11.3 Å². The molecule has 0 radical (unpaired) electrons. The molecule has 8 aromatic rings. The molecule has 9 rings (SSSR count). The van der Waals surface area contributed by atoms with Gasteiger partial charge in [-0.15, -0.1) is 0 Å². The van der Waals surface area contributed by atoms with Crippen LogP contribution in [0.25, 0.3) is 49.7 Å². The van der Waals surface area contributed by atoms with Crippen molar-refractivity contribution in [2.45, 2.75) is 12.0 Å². The third kappa shape index (κ3) is 3.81. The lowest BCUT2D eigenvalue weighted by atomic mass is 9.67. The number of benzene rings is 7. The number of nitrogens with two attached hydrogens (primary N) is 1. The monoisotopic (exact) mass is 588 g/mol. The van der Waals surface area contributed by atoms with Crippen molar-refractivity contribution in [1.82, 2.24) is 4.57 Å². The van der Waals surface area contributed by atoms with Gasteiger partial charge in [0.25, 0.3) is 0 Å². The maximum Gasteiger partial charge on any atom is 0.0713 e. The van der Waals surface area contributed by atoms with Crippen LogP contribution < -0.4 is 5.73 Å². The first kappa shape index (κ1) is 26.7. The molecule has 0 fully saturated rings. The van der Waals surface area contributed by atoms with E-state index in [1.807, 2.05) is 0 Å². The van der Waals surface area contributed by atoms with Crippen molar-refractivity contribution in [3.8, 4) is 27.9 Å². The predicted molar refractivity (Wildman–Crippen MR) is 191 cm³/mol. The summed E-state index contributed by atoms with van der Waals surface area (Å²) in [6.07, 6.45) is 0.